The number of carbonyl (C=O) groups is 1. The number of nitrogens with zero attached hydrogens (tertiary/aromatic N) is 1. The summed E-state index contributed by atoms with van der Waals surface area (Å²) in [4.78, 5) is 18.1. The minimum Gasteiger partial charge on any atom is -0.361 e. The van der Waals surface area contributed by atoms with Gasteiger partial charge in [-0.15, -0.1) is 0 Å². The summed E-state index contributed by atoms with van der Waals surface area (Å²) in [5, 5.41) is 1.16. The number of para-hydroxylation sites is 1. The molecule has 0 unspecified atom stereocenters. The van der Waals surface area contributed by atoms with E-state index < -0.39 is 5.82 Å². The van der Waals surface area contributed by atoms with E-state index in [2.05, 4.69) is 11.1 Å². The third-order valence-corrected chi connectivity index (χ3v) is 5.12. The van der Waals surface area contributed by atoms with Gasteiger partial charge in [0.05, 0.1) is 0 Å². The van der Waals surface area contributed by atoms with Crippen molar-refractivity contribution in [1.29, 1.82) is 0 Å². The summed E-state index contributed by atoms with van der Waals surface area (Å²) < 4.78 is 13.7. The predicted octanol–water partition coefficient (Wildman–Crippen LogP) is 5.71. The molecule has 4 rings (SSSR count). The van der Waals surface area contributed by atoms with Gasteiger partial charge in [0.2, 0.25) is 0 Å². The summed E-state index contributed by atoms with van der Waals surface area (Å²) in [7, 11) is 0. The number of hydrogen-bond acceptors (Lipinski definition) is 1. The van der Waals surface area contributed by atoms with Crippen molar-refractivity contribution in [3.8, 4) is 0 Å². The minimum absolute atomic E-state index is 0.174. The van der Waals surface area contributed by atoms with Crippen LogP contribution < -0.4 is 0 Å². The molecule has 0 radical (unpaired) electrons. The second kappa shape index (κ2) is 9.23. The van der Waals surface area contributed by atoms with E-state index in [4.69, 9.17) is 0 Å². The van der Waals surface area contributed by atoms with Gasteiger partial charge in [-0.05, 0) is 41.8 Å². The molecule has 0 fully saturated rings. The van der Waals surface area contributed by atoms with Gasteiger partial charge in [-0.25, -0.2) is 4.39 Å². The van der Waals surface area contributed by atoms with Crippen molar-refractivity contribution < 1.29 is 9.18 Å². The average Bonchev–Trinajstić information content (AvgIpc) is 3.19. The standard InChI is InChI=1S/C26H23FN2O/c27-23-12-6-11-21(18-23)26(30)29(16-7-10-20-8-2-1-3-9-20)17-15-22-19-28-25-14-5-4-13-24(22)25/h1-14,18-19,28H,15-17H2/b10-7+. The van der Waals surface area contributed by atoms with E-state index in [0.29, 0.717) is 25.1 Å². The van der Waals surface area contributed by atoms with Gasteiger partial charge in [-0.3, -0.25) is 4.79 Å². The first kappa shape index (κ1) is 19.6. The lowest BCUT2D eigenvalue weighted by molar-refractivity contribution is 0.0775. The highest BCUT2D eigenvalue weighted by molar-refractivity contribution is 5.94. The van der Waals surface area contributed by atoms with E-state index >= 15 is 0 Å². The molecule has 1 heterocycles. The molecular weight excluding hydrogens is 375 g/mol. The number of nitrogens with one attached hydrogen (secondary N) is 1. The van der Waals surface area contributed by atoms with Crippen LogP contribution in [0.3, 0.4) is 0 Å². The van der Waals surface area contributed by atoms with E-state index in [-0.39, 0.29) is 5.91 Å². The summed E-state index contributed by atoms with van der Waals surface area (Å²) in [6, 6.07) is 24.0. The third kappa shape index (κ3) is 4.66. The summed E-state index contributed by atoms with van der Waals surface area (Å²) in [5.41, 5.74) is 3.68. The van der Waals surface area contributed by atoms with Gasteiger partial charge >= 0.3 is 0 Å². The normalized spacial score (nSPS) is 11.2. The second-order valence-corrected chi connectivity index (χ2v) is 7.18. The Morgan fingerprint density at radius 3 is 2.60 bits per heavy atom. The molecule has 0 atom stereocenters. The summed E-state index contributed by atoms with van der Waals surface area (Å²) >= 11 is 0. The van der Waals surface area contributed by atoms with Crippen molar-refractivity contribution >= 4 is 22.9 Å². The molecule has 0 bridgehead atoms. The van der Waals surface area contributed by atoms with Gasteiger partial charge in [0.15, 0.2) is 0 Å². The number of fused-ring (bicyclic) bond motifs is 1. The van der Waals surface area contributed by atoms with Crippen molar-refractivity contribution in [3.63, 3.8) is 0 Å². The molecule has 1 N–H and O–H groups in total. The summed E-state index contributed by atoms with van der Waals surface area (Å²) in [6.45, 7) is 0.989. The van der Waals surface area contributed by atoms with Crippen LogP contribution >= 0.6 is 0 Å². The van der Waals surface area contributed by atoms with Gasteiger partial charge < -0.3 is 9.88 Å². The first-order valence-corrected chi connectivity index (χ1v) is 10.0. The molecule has 0 aliphatic carbocycles. The highest BCUT2D eigenvalue weighted by atomic mass is 19.1. The number of hydrogen-bond donors (Lipinski definition) is 1. The number of aromatic amines is 1. The van der Waals surface area contributed by atoms with E-state index in [1.807, 2.05) is 66.9 Å². The average molecular weight is 398 g/mol. The maximum atomic E-state index is 13.7. The molecule has 0 saturated heterocycles. The van der Waals surface area contributed by atoms with Crippen LogP contribution in [0.5, 0.6) is 0 Å². The molecule has 30 heavy (non-hydrogen) atoms. The van der Waals surface area contributed by atoms with Crippen molar-refractivity contribution in [1.82, 2.24) is 9.88 Å². The summed E-state index contributed by atoms with van der Waals surface area (Å²) in [6.07, 6.45) is 6.68. The Labute approximate surface area is 175 Å². The topological polar surface area (TPSA) is 36.1 Å². The molecule has 4 aromatic rings. The van der Waals surface area contributed by atoms with Crippen LogP contribution in [0.1, 0.15) is 21.5 Å². The molecule has 4 heteroatoms. The SMILES string of the molecule is O=C(c1cccc(F)c1)N(C/C=C/c1ccccc1)CCc1c[nH]c2ccccc12. The Morgan fingerprint density at radius 1 is 0.967 bits per heavy atom. The minimum atomic E-state index is -0.405. The lowest BCUT2D eigenvalue weighted by Crippen LogP contribution is -2.33. The Balaban J connectivity index is 1.53. The number of aromatic nitrogens is 1. The van der Waals surface area contributed by atoms with Crippen LogP contribution in [0.15, 0.2) is 91.1 Å². The molecule has 0 spiro atoms. The van der Waals surface area contributed by atoms with Crippen LogP contribution in [0, 0.1) is 5.82 Å². The van der Waals surface area contributed by atoms with Crippen molar-refractivity contribution in [2.45, 2.75) is 6.42 Å². The van der Waals surface area contributed by atoms with Crippen LogP contribution in [0.4, 0.5) is 4.39 Å². The Bertz CT molecular complexity index is 1160. The second-order valence-electron chi connectivity index (χ2n) is 7.18. The number of H-pyrrole nitrogens is 1. The van der Waals surface area contributed by atoms with E-state index in [9.17, 15) is 9.18 Å². The molecule has 0 saturated carbocycles. The van der Waals surface area contributed by atoms with Gasteiger partial charge in [-0.2, -0.15) is 0 Å². The van der Waals surface area contributed by atoms with Crippen LogP contribution in [-0.2, 0) is 6.42 Å². The lowest BCUT2D eigenvalue weighted by Gasteiger charge is -2.21. The van der Waals surface area contributed by atoms with Crippen molar-refractivity contribution in [2.75, 3.05) is 13.1 Å². The molecule has 0 aliphatic rings. The van der Waals surface area contributed by atoms with Crippen LogP contribution in [0.2, 0.25) is 0 Å². The fourth-order valence-electron chi connectivity index (χ4n) is 3.55. The maximum Gasteiger partial charge on any atom is 0.254 e. The highest BCUT2D eigenvalue weighted by Gasteiger charge is 2.16. The molecule has 3 aromatic carbocycles. The highest BCUT2D eigenvalue weighted by Crippen LogP contribution is 2.19. The van der Waals surface area contributed by atoms with E-state index in [1.54, 1.807) is 17.0 Å². The monoisotopic (exact) mass is 398 g/mol. The third-order valence-electron chi connectivity index (χ3n) is 5.12. The summed E-state index contributed by atoms with van der Waals surface area (Å²) in [5.74, 6) is -0.579. The molecule has 0 aliphatic heterocycles. The number of rotatable bonds is 7. The quantitative estimate of drug-likeness (QED) is 0.426. The van der Waals surface area contributed by atoms with Gasteiger partial charge in [-0.1, -0.05) is 66.7 Å². The van der Waals surface area contributed by atoms with Gasteiger partial charge in [0.1, 0.15) is 5.82 Å². The zero-order chi connectivity index (χ0) is 20.8. The molecular formula is C26H23FN2O. The number of halogens is 1. The fourth-order valence-corrected chi connectivity index (χ4v) is 3.55. The van der Waals surface area contributed by atoms with Crippen LogP contribution in [0.25, 0.3) is 17.0 Å². The van der Waals surface area contributed by atoms with Crippen molar-refractivity contribution in [3.05, 3.63) is 114 Å². The van der Waals surface area contributed by atoms with E-state index in [1.165, 1.54) is 12.1 Å². The van der Waals surface area contributed by atoms with Gasteiger partial charge in [0, 0.05) is 35.8 Å². The number of benzene rings is 3. The van der Waals surface area contributed by atoms with Gasteiger partial charge in [0.25, 0.3) is 5.91 Å². The first-order valence-electron chi connectivity index (χ1n) is 10.0. The molecule has 150 valence electrons. The smallest absolute Gasteiger partial charge is 0.254 e. The maximum absolute atomic E-state index is 13.7. The lowest BCUT2D eigenvalue weighted by atomic mass is 10.1. The number of carbonyl (C=O) groups excluding carboxylic acids is 1. The van der Waals surface area contributed by atoms with Crippen molar-refractivity contribution in [2.24, 2.45) is 0 Å². The Kier molecular flexibility index (Phi) is 6.04. The first-order chi connectivity index (χ1) is 14.7. The zero-order valence-corrected chi connectivity index (χ0v) is 16.6. The largest absolute Gasteiger partial charge is 0.361 e. The predicted molar refractivity (Wildman–Crippen MR) is 120 cm³/mol. The number of amides is 1. The molecule has 1 amide bonds. The molecule has 1 aromatic heterocycles. The van der Waals surface area contributed by atoms with Crippen LogP contribution in [-0.4, -0.2) is 28.9 Å². The molecule has 3 nitrogen and oxygen atoms in total. The zero-order valence-electron chi connectivity index (χ0n) is 16.6. The Hall–Kier alpha value is -3.66. The fraction of sp³-hybridized carbons (Fsp3) is 0.115. The van der Waals surface area contributed by atoms with E-state index in [0.717, 1.165) is 22.0 Å². The Morgan fingerprint density at radius 2 is 1.77 bits per heavy atom.